The lowest BCUT2D eigenvalue weighted by Crippen LogP contribution is -2.09. The number of ether oxygens (including phenoxy) is 2. The molecule has 0 spiro atoms. The second-order valence-electron chi connectivity index (χ2n) is 5.14. The highest BCUT2D eigenvalue weighted by molar-refractivity contribution is 5.46. The first kappa shape index (κ1) is 14.2. The monoisotopic (exact) mass is 264 g/mol. The Hall–Kier alpha value is -1.22. The van der Waals surface area contributed by atoms with E-state index in [1.165, 1.54) is 0 Å². The highest BCUT2D eigenvalue weighted by atomic mass is 16.5. The van der Waals surface area contributed by atoms with Crippen molar-refractivity contribution in [3.05, 3.63) is 23.8 Å². The van der Waals surface area contributed by atoms with Gasteiger partial charge in [-0.25, -0.2) is 0 Å². The van der Waals surface area contributed by atoms with Crippen LogP contribution in [0.2, 0.25) is 0 Å². The van der Waals surface area contributed by atoms with E-state index in [0.29, 0.717) is 19.1 Å². The van der Waals surface area contributed by atoms with Crippen LogP contribution < -0.4 is 9.47 Å². The molecule has 1 aliphatic rings. The molecule has 106 valence electrons. The van der Waals surface area contributed by atoms with Crippen molar-refractivity contribution < 1.29 is 14.6 Å². The lowest BCUT2D eigenvalue weighted by molar-refractivity contribution is 0.128. The first-order chi connectivity index (χ1) is 9.15. The van der Waals surface area contributed by atoms with Gasteiger partial charge in [0, 0.05) is 0 Å². The predicted molar refractivity (Wildman–Crippen MR) is 75.7 cm³/mol. The van der Waals surface area contributed by atoms with Crippen molar-refractivity contribution in [2.75, 3.05) is 13.2 Å². The van der Waals surface area contributed by atoms with Gasteiger partial charge in [-0.15, -0.1) is 0 Å². The van der Waals surface area contributed by atoms with Gasteiger partial charge >= 0.3 is 0 Å². The molecule has 0 heterocycles. The van der Waals surface area contributed by atoms with Gasteiger partial charge in [0.2, 0.25) is 0 Å². The van der Waals surface area contributed by atoms with Crippen molar-refractivity contribution in [3.8, 4) is 11.5 Å². The summed E-state index contributed by atoms with van der Waals surface area (Å²) in [5.74, 6) is 1.88. The van der Waals surface area contributed by atoms with Gasteiger partial charge in [0.1, 0.15) is 0 Å². The summed E-state index contributed by atoms with van der Waals surface area (Å²) in [5.41, 5.74) is 0.310. The molecule has 0 bridgehead atoms. The lowest BCUT2D eigenvalue weighted by atomic mass is 10.0. The van der Waals surface area contributed by atoms with Crippen molar-refractivity contribution in [1.29, 1.82) is 0 Å². The summed E-state index contributed by atoms with van der Waals surface area (Å²) in [4.78, 5) is 0. The molecule has 0 amide bonds. The number of aliphatic hydroxyl groups is 1. The van der Waals surface area contributed by atoms with Gasteiger partial charge in [-0.3, -0.25) is 0 Å². The Labute approximate surface area is 115 Å². The standard InChI is InChI=1S/C16H24O3/c1-4-7-13-11-16(13,17)12-8-9-14(18-5-2)15(10-12)19-6-3/h8-10,13,17H,4-7,11H2,1-3H3. The van der Waals surface area contributed by atoms with Gasteiger partial charge in [0.05, 0.1) is 18.8 Å². The van der Waals surface area contributed by atoms with E-state index in [1.54, 1.807) is 0 Å². The Morgan fingerprint density at radius 2 is 1.84 bits per heavy atom. The molecule has 0 aliphatic heterocycles. The molecule has 0 saturated heterocycles. The van der Waals surface area contributed by atoms with Crippen LogP contribution >= 0.6 is 0 Å². The van der Waals surface area contributed by atoms with Crippen LogP contribution in [0.15, 0.2) is 18.2 Å². The van der Waals surface area contributed by atoms with Gasteiger partial charge in [-0.1, -0.05) is 19.4 Å². The van der Waals surface area contributed by atoms with E-state index in [-0.39, 0.29) is 0 Å². The normalized spacial score (nSPS) is 25.2. The zero-order chi connectivity index (χ0) is 13.9. The van der Waals surface area contributed by atoms with Crippen LogP contribution in [-0.2, 0) is 5.60 Å². The molecule has 1 aromatic carbocycles. The van der Waals surface area contributed by atoms with Crippen molar-refractivity contribution in [2.24, 2.45) is 5.92 Å². The average molecular weight is 264 g/mol. The molecule has 2 atom stereocenters. The maximum atomic E-state index is 10.6. The van der Waals surface area contributed by atoms with Gasteiger partial charge in [-0.05, 0) is 50.3 Å². The van der Waals surface area contributed by atoms with Crippen molar-refractivity contribution in [1.82, 2.24) is 0 Å². The molecule has 1 fully saturated rings. The Kier molecular flexibility index (Phi) is 4.35. The van der Waals surface area contributed by atoms with Crippen LogP contribution in [0.3, 0.4) is 0 Å². The van der Waals surface area contributed by atoms with E-state index in [1.807, 2.05) is 32.0 Å². The maximum absolute atomic E-state index is 10.6. The topological polar surface area (TPSA) is 38.7 Å². The summed E-state index contributed by atoms with van der Waals surface area (Å²) >= 11 is 0. The van der Waals surface area contributed by atoms with E-state index in [4.69, 9.17) is 9.47 Å². The molecule has 0 aromatic heterocycles. The average Bonchev–Trinajstić information content (AvgIpc) is 3.05. The molecular formula is C16H24O3. The van der Waals surface area contributed by atoms with Crippen LogP contribution in [0.1, 0.15) is 45.6 Å². The zero-order valence-corrected chi connectivity index (χ0v) is 12.1. The van der Waals surface area contributed by atoms with Gasteiger partial charge in [-0.2, -0.15) is 0 Å². The van der Waals surface area contributed by atoms with Gasteiger partial charge in [0.25, 0.3) is 0 Å². The fourth-order valence-corrected chi connectivity index (χ4v) is 2.68. The Morgan fingerprint density at radius 3 is 2.47 bits per heavy atom. The largest absolute Gasteiger partial charge is 0.490 e. The van der Waals surface area contributed by atoms with Crippen LogP contribution in [0.25, 0.3) is 0 Å². The van der Waals surface area contributed by atoms with E-state index in [0.717, 1.165) is 36.3 Å². The quantitative estimate of drug-likeness (QED) is 0.819. The molecule has 1 saturated carbocycles. The number of hydrogen-bond acceptors (Lipinski definition) is 3. The van der Waals surface area contributed by atoms with Crippen LogP contribution in [-0.4, -0.2) is 18.3 Å². The molecule has 2 unspecified atom stereocenters. The summed E-state index contributed by atoms with van der Waals surface area (Å²) in [6, 6.07) is 5.80. The van der Waals surface area contributed by atoms with Gasteiger partial charge < -0.3 is 14.6 Å². The summed E-state index contributed by atoms with van der Waals surface area (Å²) in [5, 5.41) is 10.6. The molecule has 1 aliphatic carbocycles. The number of hydrogen-bond donors (Lipinski definition) is 1. The summed E-state index contributed by atoms with van der Waals surface area (Å²) in [6.07, 6.45) is 3.05. The van der Waals surface area contributed by atoms with Crippen molar-refractivity contribution >= 4 is 0 Å². The smallest absolute Gasteiger partial charge is 0.161 e. The molecular weight excluding hydrogens is 240 g/mol. The Balaban J connectivity index is 2.21. The Bertz CT molecular complexity index is 430. The van der Waals surface area contributed by atoms with Crippen molar-refractivity contribution in [3.63, 3.8) is 0 Å². The lowest BCUT2D eigenvalue weighted by Gasteiger charge is -2.16. The molecule has 19 heavy (non-hydrogen) atoms. The fraction of sp³-hybridized carbons (Fsp3) is 0.625. The SMILES string of the molecule is CCCC1CC1(O)c1ccc(OCC)c(OCC)c1. The maximum Gasteiger partial charge on any atom is 0.161 e. The third kappa shape index (κ3) is 2.86. The first-order valence-electron chi connectivity index (χ1n) is 7.28. The van der Waals surface area contributed by atoms with Crippen LogP contribution in [0, 0.1) is 5.92 Å². The fourth-order valence-electron chi connectivity index (χ4n) is 2.68. The van der Waals surface area contributed by atoms with Crippen LogP contribution in [0.5, 0.6) is 11.5 Å². The third-order valence-corrected chi connectivity index (χ3v) is 3.75. The minimum Gasteiger partial charge on any atom is -0.490 e. The van der Waals surface area contributed by atoms with E-state index >= 15 is 0 Å². The molecule has 1 N–H and O–H groups in total. The third-order valence-electron chi connectivity index (χ3n) is 3.75. The molecule has 2 rings (SSSR count). The second-order valence-corrected chi connectivity index (χ2v) is 5.14. The molecule has 1 aromatic rings. The minimum absolute atomic E-state index is 0.393. The predicted octanol–water partition coefficient (Wildman–Crippen LogP) is 3.49. The highest BCUT2D eigenvalue weighted by Crippen LogP contribution is 2.55. The highest BCUT2D eigenvalue weighted by Gasteiger charge is 2.53. The summed E-state index contributed by atoms with van der Waals surface area (Å²) in [7, 11) is 0. The summed E-state index contributed by atoms with van der Waals surface area (Å²) < 4.78 is 11.2. The van der Waals surface area contributed by atoms with Crippen molar-refractivity contribution in [2.45, 2.75) is 45.6 Å². The Morgan fingerprint density at radius 1 is 1.16 bits per heavy atom. The second kappa shape index (κ2) is 5.83. The van der Waals surface area contributed by atoms with E-state index in [2.05, 4.69) is 6.92 Å². The molecule has 3 nitrogen and oxygen atoms in total. The molecule has 0 radical (unpaired) electrons. The molecule has 3 heteroatoms. The first-order valence-corrected chi connectivity index (χ1v) is 7.28. The number of rotatable bonds is 7. The van der Waals surface area contributed by atoms with Crippen LogP contribution in [0.4, 0.5) is 0 Å². The zero-order valence-electron chi connectivity index (χ0n) is 12.1. The number of benzene rings is 1. The van der Waals surface area contributed by atoms with Gasteiger partial charge in [0.15, 0.2) is 11.5 Å². The van der Waals surface area contributed by atoms with E-state index < -0.39 is 5.60 Å². The summed E-state index contributed by atoms with van der Waals surface area (Å²) in [6.45, 7) is 7.27. The minimum atomic E-state index is -0.646. The van der Waals surface area contributed by atoms with E-state index in [9.17, 15) is 5.11 Å².